The van der Waals surface area contributed by atoms with Crippen molar-refractivity contribution >= 4 is 24.1 Å². The molecule has 154 valence electrons. The van der Waals surface area contributed by atoms with Crippen LogP contribution >= 0.6 is 0 Å². The molecular weight excluding hydrogens is 380 g/mol. The number of rotatable bonds is 3. The van der Waals surface area contributed by atoms with E-state index in [0.717, 1.165) is 31.7 Å². The molecule has 3 aromatic rings. The summed E-state index contributed by atoms with van der Waals surface area (Å²) < 4.78 is 0. The van der Waals surface area contributed by atoms with Crippen molar-refractivity contribution in [2.45, 2.75) is 6.04 Å². The summed E-state index contributed by atoms with van der Waals surface area (Å²) in [4.78, 5) is 17.2. The van der Waals surface area contributed by atoms with Crippen LogP contribution in [0.4, 0.5) is 0 Å². The van der Waals surface area contributed by atoms with E-state index in [9.17, 15) is 4.79 Å². The van der Waals surface area contributed by atoms with Gasteiger partial charge in [-0.15, -0.1) is 0 Å². The van der Waals surface area contributed by atoms with Crippen LogP contribution in [0.5, 0.6) is 0 Å². The topological polar surface area (TPSA) is 23.6 Å². The van der Waals surface area contributed by atoms with Gasteiger partial charge in [-0.2, -0.15) is 0 Å². The maximum absolute atomic E-state index is 12.7. The lowest BCUT2D eigenvalue weighted by Gasteiger charge is -2.40. The Bertz CT molecular complexity index is 1080. The van der Waals surface area contributed by atoms with E-state index in [4.69, 9.17) is 0 Å². The van der Waals surface area contributed by atoms with Gasteiger partial charge >= 0.3 is 0 Å². The van der Waals surface area contributed by atoms with E-state index in [0.29, 0.717) is 0 Å². The third-order valence-electron chi connectivity index (χ3n) is 6.23. The molecule has 1 amide bonds. The molecule has 0 unspecified atom stereocenters. The van der Waals surface area contributed by atoms with Crippen LogP contribution in [0, 0.1) is 0 Å². The Morgan fingerprint density at radius 2 is 1.26 bits per heavy atom. The van der Waals surface area contributed by atoms with Gasteiger partial charge in [-0.05, 0) is 33.9 Å². The highest BCUT2D eigenvalue weighted by molar-refractivity contribution is 5.91. The number of carbonyl (C=O) groups is 1. The second-order valence-corrected chi connectivity index (χ2v) is 8.10. The molecule has 1 heterocycles. The molecule has 3 heteroatoms. The molecule has 1 aliphatic heterocycles. The maximum Gasteiger partial charge on any atom is 0.246 e. The Morgan fingerprint density at radius 1 is 0.710 bits per heavy atom. The van der Waals surface area contributed by atoms with Crippen LogP contribution in [0.25, 0.3) is 18.2 Å². The average Bonchev–Trinajstić information content (AvgIpc) is 3.00. The van der Waals surface area contributed by atoms with E-state index < -0.39 is 0 Å². The third-order valence-corrected chi connectivity index (χ3v) is 6.23. The monoisotopic (exact) mass is 406 g/mol. The molecule has 3 nitrogen and oxygen atoms in total. The number of benzene rings is 3. The summed E-state index contributed by atoms with van der Waals surface area (Å²) in [5, 5.41) is 0. The molecule has 1 aliphatic carbocycles. The van der Waals surface area contributed by atoms with Crippen LogP contribution in [-0.2, 0) is 4.79 Å². The summed E-state index contributed by atoms with van der Waals surface area (Å²) in [6, 6.07) is 27.5. The van der Waals surface area contributed by atoms with Crippen molar-refractivity contribution in [3.63, 3.8) is 0 Å². The summed E-state index contributed by atoms with van der Waals surface area (Å²) in [6.07, 6.45) is 8.05. The zero-order valence-corrected chi connectivity index (χ0v) is 17.5. The Kier molecular flexibility index (Phi) is 5.51. The lowest BCUT2D eigenvalue weighted by atomic mass is 9.92. The van der Waals surface area contributed by atoms with Crippen LogP contribution in [0.15, 0.2) is 84.9 Å². The maximum atomic E-state index is 12.7. The van der Waals surface area contributed by atoms with Gasteiger partial charge in [-0.3, -0.25) is 9.69 Å². The Labute approximate surface area is 183 Å². The van der Waals surface area contributed by atoms with Gasteiger partial charge < -0.3 is 4.90 Å². The number of hydrogen-bond donors (Lipinski definition) is 0. The standard InChI is InChI=1S/C28H26N2O/c31-27(17-14-22-8-2-1-3-9-22)29-18-20-30(21-19-29)28-25-12-6-4-10-23(25)15-16-24-11-5-7-13-26(24)28/h1-17,28H,18-21H2/b17-14+. The number of amides is 1. The second-order valence-electron chi connectivity index (χ2n) is 8.10. The highest BCUT2D eigenvalue weighted by Gasteiger charge is 2.30. The molecule has 0 saturated carbocycles. The van der Waals surface area contributed by atoms with Crippen molar-refractivity contribution < 1.29 is 4.79 Å². The molecule has 1 fully saturated rings. The molecule has 0 radical (unpaired) electrons. The first-order valence-electron chi connectivity index (χ1n) is 10.9. The molecule has 0 spiro atoms. The van der Waals surface area contributed by atoms with Crippen LogP contribution in [0.2, 0.25) is 0 Å². The van der Waals surface area contributed by atoms with Gasteiger partial charge in [0.2, 0.25) is 5.91 Å². The van der Waals surface area contributed by atoms with Gasteiger partial charge in [0.15, 0.2) is 0 Å². The predicted octanol–water partition coefficient (Wildman–Crippen LogP) is 5.12. The summed E-state index contributed by atoms with van der Waals surface area (Å²) in [6.45, 7) is 3.20. The predicted molar refractivity (Wildman–Crippen MR) is 127 cm³/mol. The van der Waals surface area contributed by atoms with E-state index in [1.54, 1.807) is 6.08 Å². The molecule has 3 aromatic carbocycles. The van der Waals surface area contributed by atoms with E-state index >= 15 is 0 Å². The molecule has 0 atom stereocenters. The van der Waals surface area contributed by atoms with E-state index in [2.05, 4.69) is 65.6 Å². The molecule has 0 aromatic heterocycles. The number of fused-ring (bicyclic) bond motifs is 2. The number of carbonyl (C=O) groups excluding carboxylic acids is 1. The van der Waals surface area contributed by atoms with E-state index in [1.807, 2.05) is 41.3 Å². The molecule has 0 bridgehead atoms. The normalized spacial score (nSPS) is 16.7. The minimum Gasteiger partial charge on any atom is -0.337 e. The fourth-order valence-electron chi connectivity index (χ4n) is 4.60. The van der Waals surface area contributed by atoms with Crippen molar-refractivity contribution in [3.8, 4) is 0 Å². The molecule has 2 aliphatic rings. The van der Waals surface area contributed by atoms with Gasteiger partial charge in [0.1, 0.15) is 0 Å². The average molecular weight is 407 g/mol. The second kappa shape index (κ2) is 8.75. The molecule has 1 saturated heterocycles. The number of hydrogen-bond acceptors (Lipinski definition) is 2. The fourth-order valence-corrected chi connectivity index (χ4v) is 4.60. The van der Waals surface area contributed by atoms with E-state index in [-0.39, 0.29) is 11.9 Å². The lowest BCUT2D eigenvalue weighted by molar-refractivity contribution is -0.127. The van der Waals surface area contributed by atoms with Crippen LogP contribution in [-0.4, -0.2) is 41.9 Å². The van der Waals surface area contributed by atoms with E-state index in [1.165, 1.54) is 22.3 Å². The van der Waals surface area contributed by atoms with Gasteiger partial charge in [0.05, 0.1) is 6.04 Å². The summed E-state index contributed by atoms with van der Waals surface area (Å²) in [7, 11) is 0. The van der Waals surface area contributed by atoms with Crippen LogP contribution in [0.1, 0.15) is 33.9 Å². The SMILES string of the molecule is O=C(/C=C/c1ccccc1)N1CCN(C2c3ccccc3C=Cc3ccccc32)CC1. The summed E-state index contributed by atoms with van der Waals surface area (Å²) in [5.74, 6) is 0.0897. The number of piperazine rings is 1. The third kappa shape index (κ3) is 4.10. The summed E-state index contributed by atoms with van der Waals surface area (Å²) >= 11 is 0. The van der Waals surface area contributed by atoms with Crippen LogP contribution < -0.4 is 0 Å². The quantitative estimate of drug-likeness (QED) is 0.564. The lowest BCUT2D eigenvalue weighted by Crippen LogP contribution is -2.49. The smallest absolute Gasteiger partial charge is 0.246 e. The molecule has 5 rings (SSSR count). The van der Waals surface area contributed by atoms with Crippen molar-refractivity contribution in [2.75, 3.05) is 26.2 Å². The molecular formula is C28H26N2O. The van der Waals surface area contributed by atoms with Crippen LogP contribution in [0.3, 0.4) is 0 Å². The first kappa shape index (κ1) is 19.5. The van der Waals surface area contributed by atoms with Gasteiger partial charge in [-0.1, -0.05) is 91.0 Å². The zero-order chi connectivity index (χ0) is 21.0. The molecule has 31 heavy (non-hydrogen) atoms. The molecule has 0 N–H and O–H groups in total. The van der Waals surface area contributed by atoms with Crippen molar-refractivity contribution in [1.29, 1.82) is 0 Å². The zero-order valence-electron chi connectivity index (χ0n) is 17.5. The minimum absolute atomic E-state index is 0.0897. The first-order valence-corrected chi connectivity index (χ1v) is 10.9. The Balaban J connectivity index is 1.34. The van der Waals surface area contributed by atoms with Crippen molar-refractivity contribution in [2.24, 2.45) is 0 Å². The van der Waals surface area contributed by atoms with Crippen molar-refractivity contribution in [3.05, 3.63) is 113 Å². The fraction of sp³-hybridized carbons (Fsp3) is 0.179. The van der Waals surface area contributed by atoms with Gasteiger partial charge in [0, 0.05) is 32.3 Å². The summed E-state index contributed by atoms with van der Waals surface area (Å²) in [5.41, 5.74) is 6.27. The Morgan fingerprint density at radius 3 is 1.87 bits per heavy atom. The Hall–Kier alpha value is -3.43. The van der Waals surface area contributed by atoms with Gasteiger partial charge in [-0.25, -0.2) is 0 Å². The largest absolute Gasteiger partial charge is 0.337 e. The first-order chi connectivity index (χ1) is 15.3. The highest BCUT2D eigenvalue weighted by Crippen LogP contribution is 2.37. The van der Waals surface area contributed by atoms with Crippen molar-refractivity contribution in [1.82, 2.24) is 9.80 Å². The van der Waals surface area contributed by atoms with Gasteiger partial charge in [0.25, 0.3) is 0 Å². The number of nitrogens with zero attached hydrogens (tertiary/aromatic N) is 2. The minimum atomic E-state index is 0.0897. The highest BCUT2D eigenvalue weighted by atomic mass is 16.2.